The van der Waals surface area contributed by atoms with Gasteiger partial charge in [-0.15, -0.1) is 11.7 Å². The van der Waals surface area contributed by atoms with Gasteiger partial charge in [-0.1, -0.05) is 10.8 Å². The van der Waals surface area contributed by atoms with Crippen LogP contribution >= 0.6 is 22.5 Å². The van der Waals surface area contributed by atoms with Gasteiger partial charge in [0.1, 0.15) is 0 Å². The molecule has 1 heterocycles. The molecule has 0 radical (unpaired) electrons. The van der Waals surface area contributed by atoms with Crippen molar-refractivity contribution in [3.8, 4) is 0 Å². The lowest BCUT2D eigenvalue weighted by Crippen LogP contribution is -1.88. The third-order valence-electron chi connectivity index (χ3n) is 2.11. The molecule has 0 bridgehead atoms. The highest BCUT2D eigenvalue weighted by atomic mass is 33.1. The molecule has 2 aromatic rings. The molecule has 2 nitrogen and oxygen atoms in total. The minimum Gasteiger partial charge on any atom is -0.268 e. The van der Waals surface area contributed by atoms with Gasteiger partial charge < -0.3 is 0 Å². The number of hydrogen-bond acceptors (Lipinski definition) is 3. The summed E-state index contributed by atoms with van der Waals surface area (Å²) in [6.07, 6.45) is 0. The quantitative estimate of drug-likeness (QED) is 0.576. The Morgan fingerprint density at radius 1 is 1.46 bits per heavy atom. The highest BCUT2D eigenvalue weighted by Gasteiger charge is 2.04. The number of rotatable bonds is 1. The molecule has 0 saturated carbocycles. The van der Waals surface area contributed by atoms with Gasteiger partial charge in [-0.05, 0) is 25.1 Å². The Hall–Kier alpha value is -0.610. The molecular formula is C9H10N2S2. The molecule has 0 fully saturated rings. The Labute approximate surface area is 86.1 Å². The average molecular weight is 210 g/mol. The molecule has 4 heteroatoms. The number of fused-ring (bicyclic) bond motifs is 1. The molecule has 0 aliphatic heterocycles. The van der Waals surface area contributed by atoms with Crippen molar-refractivity contribution in [3.63, 3.8) is 0 Å². The van der Waals surface area contributed by atoms with Gasteiger partial charge in [0.05, 0.1) is 11.2 Å². The second-order valence-electron chi connectivity index (χ2n) is 2.98. The maximum atomic E-state index is 4.35. The summed E-state index contributed by atoms with van der Waals surface area (Å²) >= 11 is 4.17. The largest absolute Gasteiger partial charge is 0.268 e. The molecule has 0 atom stereocenters. The topological polar surface area (TPSA) is 17.8 Å². The van der Waals surface area contributed by atoms with Crippen LogP contribution < -0.4 is 0 Å². The van der Waals surface area contributed by atoms with Crippen molar-refractivity contribution in [1.82, 2.24) is 9.78 Å². The summed E-state index contributed by atoms with van der Waals surface area (Å²) in [7, 11) is 3.42. The Balaban J connectivity index is 2.76. The highest BCUT2D eigenvalue weighted by Crippen LogP contribution is 2.26. The second kappa shape index (κ2) is 3.27. The first kappa shape index (κ1) is 8.97. The normalized spacial score (nSPS) is 11.0. The zero-order chi connectivity index (χ0) is 9.42. The molecule has 0 saturated heterocycles. The molecular weight excluding hydrogens is 200 g/mol. The maximum absolute atomic E-state index is 4.35. The molecule has 0 N–H and O–H groups in total. The van der Waals surface area contributed by atoms with E-state index in [2.05, 4.69) is 35.0 Å². The highest BCUT2D eigenvalue weighted by molar-refractivity contribution is 8.68. The van der Waals surface area contributed by atoms with Gasteiger partial charge in [0, 0.05) is 17.3 Å². The van der Waals surface area contributed by atoms with Gasteiger partial charge in [-0.2, -0.15) is 5.10 Å². The van der Waals surface area contributed by atoms with Crippen molar-refractivity contribution in [2.24, 2.45) is 7.05 Å². The van der Waals surface area contributed by atoms with Crippen molar-refractivity contribution in [1.29, 1.82) is 0 Å². The van der Waals surface area contributed by atoms with E-state index in [4.69, 9.17) is 0 Å². The summed E-state index contributed by atoms with van der Waals surface area (Å²) in [5.41, 5.74) is 2.24. The first-order valence-corrected chi connectivity index (χ1v) is 5.84. The second-order valence-corrected chi connectivity index (χ2v) is 4.18. The fourth-order valence-corrected chi connectivity index (χ4v) is 2.12. The number of nitrogens with zero attached hydrogens (tertiary/aromatic N) is 2. The molecule has 0 unspecified atom stereocenters. The summed E-state index contributed by atoms with van der Waals surface area (Å²) < 4.78 is 1.90. The van der Waals surface area contributed by atoms with Crippen LogP contribution in [0.15, 0.2) is 23.1 Å². The number of hydrogen-bond donors (Lipinski definition) is 1. The summed E-state index contributed by atoms with van der Waals surface area (Å²) in [5, 5.41) is 5.56. The summed E-state index contributed by atoms with van der Waals surface area (Å²) in [5.74, 6) is 0. The van der Waals surface area contributed by atoms with E-state index in [1.165, 1.54) is 21.7 Å². The van der Waals surface area contributed by atoms with Gasteiger partial charge in [-0.25, -0.2) is 0 Å². The number of aromatic nitrogens is 2. The van der Waals surface area contributed by atoms with E-state index in [0.717, 1.165) is 10.6 Å². The van der Waals surface area contributed by atoms with Crippen LogP contribution in [0.1, 0.15) is 5.69 Å². The van der Waals surface area contributed by atoms with Crippen LogP contribution in [0.25, 0.3) is 10.9 Å². The fraction of sp³-hybridized carbons (Fsp3) is 0.222. The van der Waals surface area contributed by atoms with Gasteiger partial charge >= 0.3 is 0 Å². The number of aryl methyl sites for hydroxylation is 2. The number of benzene rings is 1. The lowest BCUT2D eigenvalue weighted by atomic mass is 10.2. The predicted octanol–water partition coefficient (Wildman–Crippen LogP) is 2.82. The predicted molar refractivity (Wildman–Crippen MR) is 60.3 cm³/mol. The van der Waals surface area contributed by atoms with E-state index >= 15 is 0 Å². The summed E-state index contributed by atoms with van der Waals surface area (Å²) in [6, 6.07) is 6.25. The third kappa shape index (κ3) is 1.44. The van der Waals surface area contributed by atoms with Crippen LogP contribution in [0.3, 0.4) is 0 Å². The SMILES string of the molecule is Cc1nn(C)c2ccc(SS)cc12. The monoisotopic (exact) mass is 210 g/mol. The van der Waals surface area contributed by atoms with Gasteiger partial charge in [-0.3, -0.25) is 4.68 Å². The van der Waals surface area contributed by atoms with Gasteiger partial charge in [0.15, 0.2) is 0 Å². The smallest absolute Gasteiger partial charge is 0.0682 e. The lowest BCUT2D eigenvalue weighted by molar-refractivity contribution is 0.783. The Morgan fingerprint density at radius 2 is 2.23 bits per heavy atom. The first-order chi connectivity index (χ1) is 6.22. The molecule has 0 aliphatic carbocycles. The van der Waals surface area contributed by atoms with Crippen LogP contribution in [0.5, 0.6) is 0 Å². The number of thiol groups is 1. The minimum atomic E-state index is 1.07. The van der Waals surface area contributed by atoms with Gasteiger partial charge in [0.2, 0.25) is 0 Å². The standard InChI is InChI=1S/C9H10N2S2/c1-6-8-5-7(13-12)3-4-9(8)11(2)10-6/h3-5,12H,1-2H3. The van der Waals surface area contributed by atoms with E-state index in [9.17, 15) is 0 Å². The maximum Gasteiger partial charge on any atom is 0.0682 e. The molecule has 0 aliphatic rings. The fourth-order valence-electron chi connectivity index (χ4n) is 1.48. The molecule has 1 aromatic heterocycles. The molecule has 0 spiro atoms. The zero-order valence-electron chi connectivity index (χ0n) is 7.48. The minimum absolute atomic E-state index is 1.07. The van der Waals surface area contributed by atoms with Crippen molar-refractivity contribution in [2.45, 2.75) is 11.8 Å². The molecule has 13 heavy (non-hydrogen) atoms. The third-order valence-corrected chi connectivity index (χ3v) is 3.21. The van der Waals surface area contributed by atoms with Crippen LogP contribution in [-0.4, -0.2) is 9.78 Å². The van der Waals surface area contributed by atoms with E-state index in [1.54, 1.807) is 0 Å². The molecule has 68 valence electrons. The zero-order valence-corrected chi connectivity index (χ0v) is 9.19. The van der Waals surface area contributed by atoms with Crippen LogP contribution in [0.4, 0.5) is 0 Å². The van der Waals surface area contributed by atoms with Crippen LogP contribution in [-0.2, 0) is 7.05 Å². The molecule has 0 amide bonds. The Morgan fingerprint density at radius 3 is 2.92 bits per heavy atom. The summed E-state index contributed by atoms with van der Waals surface area (Å²) in [6.45, 7) is 2.02. The van der Waals surface area contributed by atoms with E-state index in [0.29, 0.717) is 0 Å². The lowest BCUT2D eigenvalue weighted by Gasteiger charge is -1.96. The molecule has 2 rings (SSSR count). The Kier molecular flexibility index (Phi) is 2.26. The van der Waals surface area contributed by atoms with E-state index in [-0.39, 0.29) is 0 Å². The van der Waals surface area contributed by atoms with E-state index in [1.807, 2.05) is 18.7 Å². The van der Waals surface area contributed by atoms with Crippen molar-refractivity contribution in [3.05, 3.63) is 23.9 Å². The summed E-state index contributed by atoms with van der Waals surface area (Å²) in [4.78, 5) is 1.16. The molecule has 1 aromatic carbocycles. The van der Waals surface area contributed by atoms with Crippen molar-refractivity contribution < 1.29 is 0 Å². The van der Waals surface area contributed by atoms with Crippen LogP contribution in [0, 0.1) is 6.92 Å². The van der Waals surface area contributed by atoms with Crippen molar-refractivity contribution >= 4 is 33.4 Å². The Bertz CT molecular complexity index is 448. The van der Waals surface area contributed by atoms with E-state index < -0.39 is 0 Å². The first-order valence-electron chi connectivity index (χ1n) is 3.97. The average Bonchev–Trinajstić information content (AvgIpc) is 2.42. The van der Waals surface area contributed by atoms with Crippen molar-refractivity contribution in [2.75, 3.05) is 0 Å². The van der Waals surface area contributed by atoms with Gasteiger partial charge in [0.25, 0.3) is 0 Å². The van der Waals surface area contributed by atoms with Crippen LogP contribution in [0.2, 0.25) is 0 Å².